The molecule has 0 bridgehead atoms. The SMILES string of the molecule is CC(C)NC1CCN(C2OC2OC(C)(C)C)CC1. The maximum atomic E-state index is 5.83. The van der Waals surface area contributed by atoms with Crippen molar-refractivity contribution in [2.24, 2.45) is 0 Å². The topological polar surface area (TPSA) is 37.0 Å². The second-order valence-electron chi connectivity index (χ2n) is 6.76. The minimum atomic E-state index is -0.114. The Morgan fingerprint density at radius 2 is 1.83 bits per heavy atom. The number of piperidine rings is 1. The van der Waals surface area contributed by atoms with Crippen molar-refractivity contribution in [1.29, 1.82) is 0 Å². The molecule has 2 heterocycles. The van der Waals surface area contributed by atoms with Crippen LogP contribution >= 0.6 is 0 Å². The quantitative estimate of drug-likeness (QED) is 0.780. The van der Waals surface area contributed by atoms with Gasteiger partial charge >= 0.3 is 0 Å². The van der Waals surface area contributed by atoms with Crippen LogP contribution in [0, 0.1) is 0 Å². The third-order valence-corrected chi connectivity index (χ3v) is 3.36. The number of likely N-dealkylation sites (tertiary alicyclic amines) is 1. The van der Waals surface area contributed by atoms with Crippen LogP contribution in [-0.2, 0) is 9.47 Å². The van der Waals surface area contributed by atoms with Gasteiger partial charge in [-0.2, -0.15) is 0 Å². The van der Waals surface area contributed by atoms with Crippen molar-refractivity contribution in [2.45, 2.75) is 77.7 Å². The summed E-state index contributed by atoms with van der Waals surface area (Å²) in [5.74, 6) is 0. The van der Waals surface area contributed by atoms with E-state index in [2.05, 4.69) is 44.8 Å². The van der Waals surface area contributed by atoms with E-state index in [-0.39, 0.29) is 18.1 Å². The van der Waals surface area contributed by atoms with E-state index < -0.39 is 0 Å². The predicted molar refractivity (Wildman–Crippen MR) is 72.4 cm³/mol. The Balaban J connectivity index is 1.69. The molecule has 0 radical (unpaired) electrons. The number of hydrogen-bond donors (Lipinski definition) is 1. The molecule has 0 amide bonds. The normalized spacial score (nSPS) is 31.0. The zero-order valence-electron chi connectivity index (χ0n) is 12.4. The fraction of sp³-hybridized carbons (Fsp3) is 1.00. The first-order valence-corrected chi connectivity index (χ1v) is 7.18. The van der Waals surface area contributed by atoms with Gasteiger partial charge < -0.3 is 14.8 Å². The molecule has 2 aliphatic rings. The fourth-order valence-corrected chi connectivity index (χ4v) is 2.58. The summed E-state index contributed by atoms with van der Waals surface area (Å²) in [7, 11) is 0. The smallest absolute Gasteiger partial charge is 0.200 e. The zero-order chi connectivity index (χ0) is 13.3. The van der Waals surface area contributed by atoms with Crippen LogP contribution in [0.25, 0.3) is 0 Å². The van der Waals surface area contributed by atoms with Crippen molar-refractivity contribution in [1.82, 2.24) is 10.2 Å². The molecule has 0 spiro atoms. The first-order chi connectivity index (χ1) is 8.35. The zero-order valence-corrected chi connectivity index (χ0v) is 12.4. The van der Waals surface area contributed by atoms with E-state index in [9.17, 15) is 0 Å². The second-order valence-corrected chi connectivity index (χ2v) is 6.76. The third-order valence-electron chi connectivity index (χ3n) is 3.36. The van der Waals surface area contributed by atoms with E-state index in [4.69, 9.17) is 9.47 Å². The van der Waals surface area contributed by atoms with Crippen molar-refractivity contribution in [2.75, 3.05) is 13.1 Å². The molecular weight excluding hydrogens is 228 g/mol. The summed E-state index contributed by atoms with van der Waals surface area (Å²) in [6.07, 6.45) is 2.60. The van der Waals surface area contributed by atoms with Gasteiger partial charge in [0.25, 0.3) is 0 Å². The highest BCUT2D eigenvalue weighted by Gasteiger charge is 2.47. The molecule has 0 aliphatic carbocycles. The molecule has 0 aromatic heterocycles. The fourth-order valence-electron chi connectivity index (χ4n) is 2.58. The van der Waals surface area contributed by atoms with Crippen molar-refractivity contribution < 1.29 is 9.47 Å². The van der Waals surface area contributed by atoms with Crippen LogP contribution in [0.5, 0.6) is 0 Å². The van der Waals surface area contributed by atoms with Gasteiger partial charge in [0.2, 0.25) is 0 Å². The van der Waals surface area contributed by atoms with Gasteiger partial charge in [-0.15, -0.1) is 0 Å². The van der Waals surface area contributed by atoms with Crippen LogP contribution in [0.4, 0.5) is 0 Å². The number of nitrogens with one attached hydrogen (secondary N) is 1. The van der Waals surface area contributed by atoms with Crippen LogP contribution < -0.4 is 5.32 Å². The lowest BCUT2D eigenvalue weighted by molar-refractivity contribution is -0.0579. The lowest BCUT2D eigenvalue weighted by Gasteiger charge is -2.32. The Morgan fingerprint density at radius 1 is 1.22 bits per heavy atom. The lowest BCUT2D eigenvalue weighted by Crippen LogP contribution is -2.46. The Labute approximate surface area is 111 Å². The Morgan fingerprint density at radius 3 is 2.33 bits per heavy atom. The van der Waals surface area contributed by atoms with Gasteiger partial charge in [-0.1, -0.05) is 13.8 Å². The largest absolute Gasteiger partial charge is 0.343 e. The van der Waals surface area contributed by atoms with Crippen LogP contribution in [0.15, 0.2) is 0 Å². The standard InChI is InChI=1S/C14H28N2O2/c1-10(2)15-11-6-8-16(9-7-11)12-13(17-12)18-14(3,4)5/h10-13,15H,6-9H2,1-5H3. The maximum absolute atomic E-state index is 5.83. The average Bonchev–Trinajstić information content (AvgIpc) is 2.94. The molecule has 0 aromatic rings. The molecule has 4 nitrogen and oxygen atoms in total. The van der Waals surface area contributed by atoms with Crippen molar-refractivity contribution in [3.63, 3.8) is 0 Å². The summed E-state index contributed by atoms with van der Waals surface area (Å²) in [6.45, 7) is 12.9. The highest BCUT2D eigenvalue weighted by molar-refractivity contribution is 4.86. The molecule has 2 atom stereocenters. The molecule has 4 heteroatoms. The summed E-state index contributed by atoms with van der Waals surface area (Å²) in [4.78, 5) is 2.41. The molecule has 0 saturated carbocycles. The number of nitrogens with zero attached hydrogens (tertiary/aromatic N) is 1. The first-order valence-electron chi connectivity index (χ1n) is 7.18. The van der Waals surface area contributed by atoms with Gasteiger partial charge in [-0.3, -0.25) is 4.90 Å². The number of hydrogen-bond acceptors (Lipinski definition) is 4. The average molecular weight is 256 g/mol. The molecular formula is C14H28N2O2. The van der Waals surface area contributed by atoms with Gasteiger partial charge in [-0.25, -0.2) is 0 Å². The van der Waals surface area contributed by atoms with Crippen LogP contribution in [0.2, 0.25) is 0 Å². The van der Waals surface area contributed by atoms with Crippen LogP contribution in [0.1, 0.15) is 47.5 Å². The Kier molecular flexibility index (Phi) is 4.32. The minimum Gasteiger partial charge on any atom is -0.343 e. The number of epoxide rings is 1. The van der Waals surface area contributed by atoms with Crippen molar-refractivity contribution in [3.8, 4) is 0 Å². The van der Waals surface area contributed by atoms with Gasteiger partial charge in [0.05, 0.1) is 5.60 Å². The minimum absolute atomic E-state index is 0.0143. The van der Waals surface area contributed by atoms with Crippen molar-refractivity contribution in [3.05, 3.63) is 0 Å². The summed E-state index contributed by atoms with van der Waals surface area (Å²) < 4.78 is 11.5. The van der Waals surface area contributed by atoms with Crippen LogP contribution in [-0.4, -0.2) is 48.2 Å². The molecule has 106 valence electrons. The Bertz CT molecular complexity index is 267. The van der Waals surface area contributed by atoms with Gasteiger partial charge in [0.1, 0.15) is 0 Å². The molecule has 2 fully saturated rings. The van der Waals surface area contributed by atoms with Crippen molar-refractivity contribution >= 4 is 0 Å². The predicted octanol–water partition coefficient (Wildman–Crippen LogP) is 1.95. The van der Waals surface area contributed by atoms with E-state index >= 15 is 0 Å². The van der Waals surface area contributed by atoms with Gasteiger partial charge in [0, 0.05) is 25.2 Å². The molecule has 2 saturated heterocycles. The van der Waals surface area contributed by atoms with E-state index in [1.54, 1.807) is 0 Å². The lowest BCUT2D eigenvalue weighted by atomic mass is 10.0. The molecule has 0 aromatic carbocycles. The number of ether oxygens (including phenoxy) is 2. The van der Waals surface area contributed by atoms with E-state index in [1.165, 1.54) is 12.8 Å². The van der Waals surface area contributed by atoms with E-state index in [0.29, 0.717) is 12.1 Å². The first kappa shape index (κ1) is 14.3. The summed E-state index contributed by atoms with van der Waals surface area (Å²) in [5, 5.41) is 3.61. The van der Waals surface area contributed by atoms with Crippen LogP contribution in [0.3, 0.4) is 0 Å². The van der Waals surface area contributed by atoms with E-state index in [1.807, 2.05) is 0 Å². The van der Waals surface area contributed by atoms with E-state index in [0.717, 1.165) is 13.1 Å². The third kappa shape index (κ3) is 4.19. The highest BCUT2D eigenvalue weighted by Crippen LogP contribution is 2.32. The van der Waals surface area contributed by atoms with Gasteiger partial charge in [0.15, 0.2) is 12.5 Å². The maximum Gasteiger partial charge on any atom is 0.200 e. The molecule has 2 unspecified atom stereocenters. The monoisotopic (exact) mass is 256 g/mol. The number of rotatable bonds is 4. The Hall–Kier alpha value is -0.160. The summed E-state index contributed by atoms with van der Waals surface area (Å²) in [6, 6.07) is 1.25. The second kappa shape index (κ2) is 5.45. The van der Waals surface area contributed by atoms with Gasteiger partial charge in [-0.05, 0) is 33.6 Å². The summed E-state index contributed by atoms with van der Waals surface area (Å²) >= 11 is 0. The molecule has 1 N–H and O–H groups in total. The summed E-state index contributed by atoms with van der Waals surface area (Å²) in [5.41, 5.74) is -0.114. The molecule has 18 heavy (non-hydrogen) atoms. The molecule has 2 aliphatic heterocycles. The highest BCUT2D eigenvalue weighted by atomic mass is 16.8. The molecule has 2 rings (SSSR count).